The second-order valence-electron chi connectivity index (χ2n) is 11.5. The fraction of sp³-hybridized carbons (Fsp3) is 0.364. The van der Waals surface area contributed by atoms with Crippen LogP contribution in [0, 0.1) is 11.8 Å². The molecule has 2 aromatic heterocycles. The normalized spacial score (nSPS) is 13.1. The summed E-state index contributed by atoms with van der Waals surface area (Å²) >= 11 is 0. The molecule has 9 heteroatoms. The fourth-order valence-corrected chi connectivity index (χ4v) is 8.02. The van der Waals surface area contributed by atoms with Crippen molar-refractivity contribution in [2.75, 3.05) is 11.5 Å². The number of para-hydroxylation sites is 2. The highest BCUT2D eigenvalue weighted by Gasteiger charge is 2.33. The molecule has 0 spiro atoms. The molecule has 2 N–H and O–H groups in total. The highest BCUT2D eigenvalue weighted by molar-refractivity contribution is 7.92. The van der Waals surface area contributed by atoms with E-state index in [-0.39, 0.29) is 32.7 Å². The monoisotopic (exact) mass is 608 g/mol. The minimum atomic E-state index is -3.95. The van der Waals surface area contributed by atoms with E-state index in [0.29, 0.717) is 33.6 Å². The molecule has 0 aliphatic rings. The number of allylic oxidation sites excluding steroid dienone is 2. The number of carbonyl (C=O) groups excluding carboxylic acids is 1. The van der Waals surface area contributed by atoms with E-state index in [1.165, 1.54) is 0 Å². The van der Waals surface area contributed by atoms with Gasteiger partial charge in [0.15, 0.2) is 19.7 Å². The van der Waals surface area contributed by atoms with E-state index in [9.17, 15) is 21.6 Å². The second kappa shape index (κ2) is 13.3. The van der Waals surface area contributed by atoms with Gasteiger partial charge >= 0.3 is 0 Å². The summed E-state index contributed by atoms with van der Waals surface area (Å²) in [6.45, 7) is 8.43. The average Bonchev–Trinajstić information content (AvgIpc) is 3.52. The number of fused-ring (bicyclic) bond motifs is 2. The third kappa shape index (κ3) is 7.13. The van der Waals surface area contributed by atoms with Gasteiger partial charge in [-0.05, 0) is 49.7 Å². The van der Waals surface area contributed by atoms with Crippen LogP contribution in [0.1, 0.15) is 69.6 Å². The molecule has 2 aromatic carbocycles. The number of aromatic nitrogens is 2. The largest absolute Gasteiger partial charge is 0.351 e. The zero-order valence-corrected chi connectivity index (χ0v) is 26.3. The number of hydrogen-bond donors (Lipinski definition) is 2. The van der Waals surface area contributed by atoms with Crippen molar-refractivity contribution in [3.8, 4) is 0 Å². The van der Waals surface area contributed by atoms with Crippen LogP contribution in [0.4, 0.5) is 0 Å². The Balaban J connectivity index is 1.79. The van der Waals surface area contributed by atoms with E-state index in [1.54, 1.807) is 60.7 Å². The molecule has 0 saturated carbocycles. The van der Waals surface area contributed by atoms with E-state index in [1.807, 2.05) is 12.2 Å². The lowest BCUT2D eigenvalue weighted by Gasteiger charge is -2.07. The van der Waals surface area contributed by atoms with E-state index < -0.39 is 25.5 Å². The van der Waals surface area contributed by atoms with Gasteiger partial charge < -0.3 is 9.97 Å². The molecule has 2 heterocycles. The SMILES string of the molecule is CC(C)CCC=CCS(=O)(=O)c1c(C(=O)c2[nH]c3ccccc3c2S(=O)(=O)CC=CCCC(C)C)[nH]c2ccccc12. The van der Waals surface area contributed by atoms with Crippen molar-refractivity contribution in [3.63, 3.8) is 0 Å². The van der Waals surface area contributed by atoms with Crippen LogP contribution in [0.2, 0.25) is 0 Å². The molecular formula is C33H40N2O5S2. The van der Waals surface area contributed by atoms with Gasteiger partial charge in [0.05, 0.1) is 11.5 Å². The van der Waals surface area contributed by atoms with Crippen molar-refractivity contribution < 1.29 is 21.6 Å². The molecule has 0 atom stereocenters. The van der Waals surface area contributed by atoms with Crippen molar-refractivity contribution in [2.24, 2.45) is 11.8 Å². The lowest BCUT2D eigenvalue weighted by atomic mass is 10.1. The first kappa shape index (κ1) is 31.5. The fourth-order valence-electron chi connectivity index (χ4n) is 4.97. The van der Waals surface area contributed by atoms with Gasteiger partial charge in [0, 0.05) is 21.8 Å². The lowest BCUT2D eigenvalue weighted by Crippen LogP contribution is -2.15. The molecule has 0 saturated heterocycles. The van der Waals surface area contributed by atoms with Gasteiger partial charge in [0.1, 0.15) is 21.2 Å². The van der Waals surface area contributed by atoms with Crippen molar-refractivity contribution >= 4 is 47.3 Å². The molecule has 7 nitrogen and oxygen atoms in total. The van der Waals surface area contributed by atoms with E-state index in [2.05, 4.69) is 37.7 Å². The highest BCUT2D eigenvalue weighted by Crippen LogP contribution is 2.34. The third-order valence-electron chi connectivity index (χ3n) is 7.18. The summed E-state index contributed by atoms with van der Waals surface area (Å²) in [5.41, 5.74) is 0.665. The number of H-pyrrole nitrogens is 2. The summed E-state index contributed by atoms with van der Waals surface area (Å²) in [4.78, 5) is 20.0. The maximum atomic E-state index is 14.2. The highest BCUT2D eigenvalue weighted by atomic mass is 32.2. The Morgan fingerprint density at radius 3 is 1.40 bits per heavy atom. The molecule has 42 heavy (non-hydrogen) atoms. The van der Waals surface area contributed by atoms with Crippen LogP contribution in [-0.4, -0.2) is 44.1 Å². The second-order valence-corrected chi connectivity index (χ2v) is 15.5. The third-order valence-corrected chi connectivity index (χ3v) is 10.5. The first-order valence-electron chi connectivity index (χ1n) is 14.4. The number of aromatic amines is 2. The minimum Gasteiger partial charge on any atom is -0.351 e. The van der Waals surface area contributed by atoms with Crippen LogP contribution < -0.4 is 0 Å². The maximum Gasteiger partial charge on any atom is 0.228 e. The number of nitrogens with one attached hydrogen (secondary N) is 2. The van der Waals surface area contributed by atoms with Gasteiger partial charge in [-0.25, -0.2) is 16.8 Å². The molecule has 4 rings (SSSR count). The Hall–Kier alpha value is -3.43. The maximum absolute atomic E-state index is 14.2. The summed E-state index contributed by atoms with van der Waals surface area (Å²) < 4.78 is 54.8. The molecule has 0 bridgehead atoms. The van der Waals surface area contributed by atoms with Gasteiger partial charge in [0.2, 0.25) is 5.78 Å². The predicted octanol–water partition coefficient (Wildman–Crippen LogP) is 7.41. The molecule has 0 radical (unpaired) electrons. The topological polar surface area (TPSA) is 117 Å². The van der Waals surface area contributed by atoms with E-state index in [4.69, 9.17) is 0 Å². The molecule has 0 unspecified atom stereocenters. The van der Waals surface area contributed by atoms with Crippen LogP contribution in [-0.2, 0) is 19.7 Å². The number of benzene rings is 2. The first-order valence-corrected chi connectivity index (χ1v) is 17.7. The van der Waals surface area contributed by atoms with Gasteiger partial charge in [-0.2, -0.15) is 0 Å². The van der Waals surface area contributed by atoms with Gasteiger partial charge in [-0.3, -0.25) is 4.79 Å². The van der Waals surface area contributed by atoms with E-state index in [0.717, 1.165) is 25.7 Å². The predicted molar refractivity (Wildman–Crippen MR) is 171 cm³/mol. The number of ketones is 1. The Bertz CT molecular complexity index is 1710. The smallest absolute Gasteiger partial charge is 0.228 e. The molecule has 0 aliphatic heterocycles. The van der Waals surface area contributed by atoms with Gasteiger partial charge in [0.25, 0.3) is 0 Å². The number of sulfone groups is 2. The summed E-state index contributed by atoms with van der Waals surface area (Å²) in [5, 5.41) is 0.787. The van der Waals surface area contributed by atoms with Crippen LogP contribution >= 0.6 is 0 Å². The standard InChI is InChI=1S/C33H40N2O5S2/c1-23(2)15-7-5-13-21-41(37,38)32-25-17-9-11-19-27(25)34-29(32)31(36)30-33(26-18-10-12-20-28(26)35-30)42(39,40)22-14-6-8-16-24(3)4/h5-6,9-14,17-20,23-24,34-35H,7-8,15-16,21-22H2,1-4H3. The van der Waals surface area contributed by atoms with Crippen molar-refractivity contribution in [1.82, 2.24) is 9.97 Å². The molecule has 224 valence electrons. The molecule has 4 aromatic rings. The Kier molecular flexibility index (Phi) is 9.94. The molecule has 0 amide bonds. The number of carbonyl (C=O) groups is 1. The quantitative estimate of drug-likeness (QED) is 0.114. The zero-order valence-electron chi connectivity index (χ0n) is 24.7. The Labute approximate surface area is 249 Å². The lowest BCUT2D eigenvalue weighted by molar-refractivity contribution is 0.102. The van der Waals surface area contributed by atoms with Crippen LogP contribution in [0.15, 0.2) is 82.6 Å². The summed E-state index contributed by atoms with van der Waals surface area (Å²) in [7, 11) is -7.89. The van der Waals surface area contributed by atoms with Crippen LogP contribution in [0.5, 0.6) is 0 Å². The van der Waals surface area contributed by atoms with Crippen LogP contribution in [0.25, 0.3) is 21.8 Å². The number of rotatable bonds is 14. The Morgan fingerprint density at radius 1 is 0.643 bits per heavy atom. The average molecular weight is 609 g/mol. The summed E-state index contributed by atoms with van der Waals surface area (Å²) in [6, 6.07) is 13.6. The Morgan fingerprint density at radius 2 is 1.02 bits per heavy atom. The summed E-state index contributed by atoms with van der Waals surface area (Å²) in [5.74, 6) is -0.256. The van der Waals surface area contributed by atoms with E-state index >= 15 is 0 Å². The van der Waals surface area contributed by atoms with Gasteiger partial charge in [-0.1, -0.05) is 88.4 Å². The summed E-state index contributed by atoms with van der Waals surface area (Å²) in [6.07, 6.45) is 10.4. The number of hydrogen-bond acceptors (Lipinski definition) is 5. The first-order chi connectivity index (χ1) is 19.9. The van der Waals surface area contributed by atoms with Crippen molar-refractivity contribution in [3.05, 3.63) is 84.2 Å². The zero-order chi connectivity index (χ0) is 30.5. The van der Waals surface area contributed by atoms with Crippen molar-refractivity contribution in [2.45, 2.75) is 63.2 Å². The van der Waals surface area contributed by atoms with Gasteiger partial charge in [-0.15, -0.1) is 0 Å². The van der Waals surface area contributed by atoms with Crippen LogP contribution in [0.3, 0.4) is 0 Å². The molecule has 0 aliphatic carbocycles. The minimum absolute atomic E-state index is 0.118. The van der Waals surface area contributed by atoms with Crippen molar-refractivity contribution in [1.29, 1.82) is 0 Å². The molecule has 0 fully saturated rings. The molecular weight excluding hydrogens is 569 g/mol.